The zero-order chi connectivity index (χ0) is 23.8. The maximum Gasteiger partial charge on any atom is 0.289 e. The Bertz CT molecular complexity index is 866. The number of rotatable bonds is 9. The first-order valence-electron chi connectivity index (χ1n) is 10.6. The highest BCUT2D eigenvalue weighted by Gasteiger charge is 2.34. The van der Waals surface area contributed by atoms with E-state index >= 15 is 0 Å². The predicted octanol–water partition coefficient (Wildman–Crippen LogP) is 2.13. The van der Waals surface area contributed by atoms with Crippen molar-refractivity contribution in [3.8, 4) is 0 Å². The molecule has 6 N–H and O–H groups in total. The highest BCUT2D eigenvalue weighted by Crippen LogP contribution is 2.28. The number of aliphatic hydroxyl groups excluding tert-OH is 1. The smallest absolute Gasteiger partial charge is 0.289 e. The second-order valence-electron chi connectivity index (χ2n) is 8.03. The van der Waals surface area contributed by atoms with Crippen LogP contribution in [0.15, 0.2) is 12.3 Å². The molecule has 14 heteroatoms. The molecule has 0 aliphatic heterocycles. The molecule has 0 spiro atoms. The molecular weight excluding hydrogens is 491 g/mol. The first-order valence-corrected chi connectivity index (χ1v) is 10.6. The van der Waals surface area contributed by atoms with Gasteiger partial charge in [0.1, 0.15) is 6.20 Å². The molecule has 12 nitrogen and oxygen atoms in total. The largest absolute Gasteiger partial charge is 0.396 e. The monoisotopic (exact) mass is 522 g/mol. The number of halogens is 2. The lowest BCUT2D eigenvalue weighted by Gasteiger charge is -2.25. The fraction of sp³-hybridized carbons (Fsp3) is 0.600. The molecule has 1 heterocycles. The molecule has 0 saturated heterocycles. The van der Waals surface area contributed by atoms with Crippen LogP contribution in [0.25, 0.3) is 0 Å². The zero-order valence-electron chi connectivity index (χ0n) is 18.8. The summed E-state index contributed by atoms with van der Waals surface area (Å²) in [4.78, 5) is 52.0. The molecule has 0 bridgehead atoms. The average molecular weight is 523 g/mol. The van der Waals surface area contributed by atoms with Gasteiger partial charge in [0.25, 0.3) is 17.5 Å². The van der Waals surface area contributed by atoms with Gasteiger partial charge in [0, 0.05) is 12.5 Å². The molecule has 1 saturated carbocycles. The summed E-state index contributed by atoms with van der Waals surface area (Å²) < 4.78 is 0. The van der Waals surface area contributed by atoms with Crippen molar-refractivity contribution in [1.82, 2.24) is 9.88 Å². The van der Waals surface area contributed by atoms with Crippen LogP contribution in [-0.2, 0) is 14.4 Å². The van der Waals surface area contributed by atoms with Crippen molar-refractivity contribution in [2.45, 2.75) is 70.6 Å². The van der Waals surface area contributed by atoms with Gasteiger partial charge in [0.2, 0.25) is 12.1 Å². The molecule has 1 aromatic rings. The first kappa shape index (κ1) is 31.5. The van der Waals surface area contributed by atoms with Crippen LogP contribution in [0, 0.1) is 16.0 Å². The molecule has 1 aliphatic rings. The van der Waals surface area contributed by atoms with Crippen LogP contribution in [0.2, 0.25) is 0 Å². The third-order valence-electron chi connectivity index (χ3n) is 5.43. The Hall–Kier alpha value is -2.54. The van der Waals surface area contributed by atoms with E-state index in [1.165, 1.54) is 26.2 Å². The molecule has 0 aromatic carbocycles. The van der Waals surface area contributed by atoms with Crippen LogP contribution in [-0.4, -0.2) is 49.9 Å². The minimum Gasteiger partial charge on any atom is -0.396 e. The lowest BCUT2D eigenvalue weighted by Crippen LogP contribution is -2.53. The summed E-state index contributed by atoms with van der Waals surface area (Å²) in [6, 6.07) is -0.149. The normalized spacial score (nSPS) is 15.1. The predicted molar refractivity (Wildman–Crippen MR) is 130 cm³/mol. The fourth-order valence-corrected chi connectivity index (χ4v) is 3.69. The van der Waals surface area contributed by atoms with Gasteiger partial charge in [-0.2, -0.15) is 0 Å². The SMILES string of the molecule is C[C@H](N)C(=O)N(C(=O)CCCC1CCCCC1)C(=O)C(O)Nc1ncc([N+](=O)[O-])cc1N.Cl.Cl. The summed E-state index contributed by atoms with van der Waals surface area (Å²) in [6.07, 6.45) is 5.93. The van der Waals surface area contributed by atoms with Crippen LogP contribution in [0.3, 0.4) is 0 Å². The molecular formula is C20H32Cl2N6O6. The maximum atomic E-state index is 12.7. The number of carbonyl (C=O) groups is 3. The van der Waals surface area contributed by atoms with Gasteiger partial charge in [-0.25, -0.2) is 9.88 Å². The van der Waals surface area contributed by atoms with E-state index in [2.05, 4.69) is 10.3 Å². The Kier molecular flexibility index (Phi) is 13.6. The Morgan fingerprint density at radius 3 is 2.41 bits per heavy atom. The average Bonchev–Trinajstić information content (AvgIpc) is 2.75. The quantitative estimate of drug-likeness (QED) is 0.211. The number of aliphatic hydroxyl groups is 1. The van der Waals surface area contributed by atoms with Crippen molar-refractivity contribution in [2.24, 2.45) is 11.7 Å². The second-order valence-corrected chi connectivity index (χ2v) is 8.03. The summed E-state index contributed by atoms with van der Waals surface area (Å²) in [7, 11) is 0. The molecule has 1 unspecified atom stereocenters. The Balaban J connectivity index is 0.00000544. The van der Waals surface area contributed by atoms with Crippen molar-refractivity contribution >= 4 is 59.7 Å². The number of anilines is 2. The zero-order valence-corrected chi connectivity index (χ0v) is 20.5. The number of nitrogens with one attached hydrogen (secondary N) is 1. The molecule has 1 fully saturated rings. The first-order chi connectivity index (χ1) is 15.1. The Morgan fingerprint density at radius 2 is 1.88 bits per heavy atom. The summed E-state index contributed by atoms with van der Waals surface area (Å²) >= 11 is 0. The Morgan fingerprint density at radius 1 is 1.26 bits per heavy atom. The van der Waals surface area contributed by atoms with E-state index in [-0.39, 0.29) is 48.4 Å². The van der Waals surface area contributed by atoms with Gasteiger partial charge in [-0.3, -0.25) is 24.5 Å². The van der Waals surface area contributed by atoms with E-state index in [0.717, 1.165) is 31.5 Å². The molecule has 1 aromatic heterocycles. The minimum absolute atomic E-state index is 0. The van der Waals surface area contributed by atoms with E-state index in [9.17, 15) is 29.6 Å². The van der Waals surface area contributed by atoms with Gasteiger partial charge in [-0.05, 0) is 25.7 Å². The number of amides is 3. The summed E-state index contributed by atoms with van der Waals surface area (Å²) in [5.41, 5.74) is 10.7. The van der Waals surface area contributed by atoms with E-state index in [0.29, 0.717) is 17.2 Å². The molecule has 192 valence electrons. The van der Waals surface area contributed by atoms with Gasteiger partial charge >= 0.3 is 0 Å². The number of nitrogen functional groups attached to an aromatic ring is 1. The van der Waals surface area contributed by atoms with Crippen LogP contribution in [0.4, 0.5) is 17.2 Å². The number of imide groups is 3. The number of nitrogens with two attached hydrogens (primary N) is 2. The lowest BCUT2D eigenvalue weighted by atomic mass is 9.86. The molecule has 34 heavy (non-hydrogen) atoms. The maximum absolute atomic E-state index is 12.7. The van der Waals surface area contributed by atoms with Crippen molar-refractivity contribution < 1.29 is 24.4 Å². The van der Waals surface area contributed by atoms with Crippen molar-refractivity contribution in [3.05, 3.63) is 22.4 Å². The summed E-state index contributed by atoms with van der Waals surface area (Å²) in [5, 5.41) is 23.3. The van der Waals surface area contributed by atoms with Crippen molar-refractivity contribution in [2.75, 3.05) is 11.1 Å². The lowest BCUT2D eigenvalue weighted by molar-refractivity contribution is -0.385. The van der Waals surface area contributed by atoms with E-state index < -0.39 is 34.9 Å². The van der Waals surface area contributed by atoms with Gasteiger partial charge < -0.3 is 21.9 Å². The van der Waals surface area contributed by atoms with Crippen LogP contribution in [0.5, 0.6) is 0 Å². The van der Waals surface area contributed by atoms with Crippen molar-refractivity contribution in [3.63, 3.8) is 0 Å². The van der Waals surface area contributed by atoms with E-state index in [1.807, 2.05) is 0 Å². The van der Waals surface area contributed by atoms with Gasteiger partial charge in [0.15, 0.2) is 5.82 Å². The Labute approximate surface area is 209 Å². The topological polar surface area (TPSA) is 195 Å². The molecule has 3 amide bonds. The van der Waals surface area contributed by atoms with Crippen LogP contribution < -0.4 is 16.8 Å². The fourth-order valence-electron chi connectivity index (χ4n) is 3.69. The summed E-state index contributed by atoms with van der Waals surface area (Å²) in [6.45, 7) is 1.33. The van der Waals surface area contributed by atoms with Crippen LogP contribution in [0.1, 0.15) is 58.3 Å². The van der Waals surface area contributed by atoms with E-state index in [4.69, 9.17) is 11.5 Å². The third kappa shape index (κ3) is 8.67. The number of pyridine rings is 1. The standard InChI is InChI=1S/C20H30N6O6.2ClH/c1-12(21)19(29)25(16(27)9-5-8-13-6-3-2-4-7-13)20(30)18(28)24-17-15(22)10-14(11-23-17)26(31)32;;/h10-13,18,28H,2-9,21-22H2,1H3,(H,23,24);2*1H/t12-,18?;;/m0../s1. The highest BCUT2D eigenvalue weighted by molar-refractivity contribution is 6.13. The number of hydrogen-bond acceptors (Lipinski definition) is 10. The molecule has 2 rings (SSSR count). The van der Waals surface area contributed by atoms with Crippen LogP contribution >= 0.6 is 24.8 Å². The van der Waals surface area contributed by atoms with Gasteiger partial charge in [0.05, 0.1) is 16.7 Å². The second kappa shape index (κ2) is 14.7. The highest BCUT2D eigenvalue weighted by atomic mass is 35.5. The minimum atomic E-state index is -2.05. The number of nitrogens with zero attached hydrogens (tertiary/aromatic N) is 3. The number of carbonyl (C=O) groups excluding carboxylic acids is 3. The molecule has 0 radical (unpaired) electrons. The van der Waals surface area contributed by atoms with Gasteiger partial charge in [-0.15, -0.1) is 24.8 Å². The molecule has 2 atom stereocenters. The van der Waals surface area contributed by atoms with Crippen molar-refractivity contribution in [1.29, 1.82) is 0 Å². The van der Waals surface area contributed by atoms with Gasteiger partial charge in [-0.1, -0.05) is 32.1 Å². The van der Waals surface area contributed by atoms with E-state index in [1.54, 1.807) is 0 Å². The number of nitro groups is 1. The third-order valence-corrected chi connectivity index (χ3v) is 5.43. The summed E-state index contributed by atoms with van der Waals surface area (Å²) in [5.74, 6) is -2.60. The number of hydrogen-bond donors (Lipinski definition) is 4. The molecule has 1 aliphatic carbocycles. The number of aromatic nitrogens is 1.